The van der Waals surface area contributed by atoms with Crippen molar-refractivity contribution in [3.8, 4) is 28.4 Å². The lowest BCUT2D eigenvalue weighted by Gasteiger charge is -2.36. The molecule has 6 rings (SSSR count). The molecule has 5 aromatic rings. The van der Waals surface area contributed by atoms with Crippen molar-refractivity contribution in [2.75, 3.05) is 65.4 Å². The van der Waals surface area contributed by atoms with Gasteiger partial charge in [-0.2, -0.15) is 0 Å². The molecule has 0 unspecified atom stereocenters. The van der Waals surface area contributed by atoms with Crippen molar-refractivity contribution in [2.24, 2.45) is 0 Å². The van der Waals surface area contributed by atoms with Crippen LogP contribution in [-0.2, 0) is 11.3 Å². The van der Waals surface area contributed by atoms with Crippen molar-refractivity contribution >= 4 is 34.2 Å². The number of likely N-dealkylation sites (N-methyl/N-ethyl adjacent to an activating group) is 1. The Morgan fingerprint density at radius 2 is 1.72 bits per heavy atom. The molecule has 0 saturated carbocycles. The fourth-order valence-corrected chi connectivity index (χ4v) is 5.91. The number of hydrogen-bond donors (Lipinski definition) is 1. The quantitative estimate of drug-likeness (QED) is 0.152. The van der Waals surface area contributed by atoms with Gasteiger partial charge in [0.15, 0.2) is 0 Å². The number of carbonyl (C=O) groups excluding carboxylic acids is 1. The van der Waals surface area contributed by atoms with Crippen molar-refractivity contribution < 1.29 is 19.0 Å². The van der Waals surface area contributed by atoms with Crippen LogP contribution in [0.3, 0.4) is 0 Å². The van der Waals surface area contributed by atoms with Gasteiger partial charge >= 0.3 is 5.97 Å². The fraction of sp³-hybridized carbons (Fsp3) is 0.270. The highest BCUT2D eigenvalue weighted by atomic mass is 35.5. The van der Waals surface area contributed by atoms with E-state index in [0.717, 1.165) is 72.2 Å². The van der Waals surface area contributed by atoms with Gasteiger partial charge in [0, 0.05) is 73.1 Å². The van der Waals surface area contributed by atoms with Crippen LogP contribution in [0.4, 0.5) is 5.69 Å². The van der Waals surface area contributed by atoms with E-state index in [1.807, 2.05) is 68.8 Å². The van der Waals surface area contributed by atoms with Crippen LogP contribution in [-0.4, -0.2) is 81.3 Å². The lowest BCUT2D eigenvalue weighted by Crippen LogP contribution is -2.46. The summed E-state index contributed by atoms with van der Waals surface area (Å²) in [7, 11) is 5.47. The van der Waals surface area contributed by atoms with Crippen molar-refractivity contribution in [2.45, 2.75) is 6.54 Å². The van der Waals surface area contributed by atoms with Gasteiger partial charge in [0.05, 0.1) is 7.11 Å². The second kappa shape index (κ2) is 14.3. The number of benzene rings is 4. The number of fused-ring (bicyclic) bond motifs is 1. The highest BCUT2D eigenvalue weighted by Gasteiger charge is 2.22. The van der Waals surface area contributed by atoms with Crippen molar-refractivity contribution in [3.63, 3.8) is 0 Å². The van der Waals surface area contributed by atoms with Crippen LogP contribution in [0.15, 0.2) is 91.1 Å². The molecule has 0 spiro atoms. The molecule has 4 aromatic carbocycles. The summed E-state index contributed by atoms with van der Waals surface area (Å²) in [5.41, 5.74) is 5.88. The Kier molecular flexibility index (Phi) is 9.78. The van der Waals surface area contributed by atoms with E-state index in [2.05, 4.69) is 50.0 Å². The molecule has 0 radical (unpaired) electrons. The van der Waals surface area contributed by atoms with Gasteiger partial charge in [-0.15, -0.1) is 0 Å². The Morgan fingerprint density at radius 1 is 0.913 bits per heavy atom. The number of rotatable bonds is 11. The predicted octanol–water partition coefficient (Wildman–Crippen LogP) is 7.33. The molecule has 1 aromatic heterocycles. The number of nitrogens with zero attached hydrogens (tertiary/aromatic N) is 3. The summed E-state index contributed by atoms with van der Waals surface area (Å²) in [6.45, 7) is 5.71. The molecule has 2 heterocycles. The Hall–Kier alpha value is -4.50. The Balaban J connectivity index is 1.19. The first kappa shape index (κ1) is 31.5. The number of aromatic amines is 1. The fourth-order valence-electron chi connectivity index (χ4n) is 5.79. The van der Waals surface area contributed by atoms with Crippen LogP contribution in [0, 0.1) is 0 Å². The van der Waals surface area contributed by atoms with Crippen molar-refractivity contribution in [1.29, 1.82) is 0 Å². The summed E-state index contributed by atoms with van der Waals surface area (Å²) in [5, 5.41) is 1.67. The lowest BCUT2D eigenvalue weighted by atomic mass is 9.98. The van der Waals surface area contributed by atoms with E-state index in [1.54, 1.807) is 6.07 Å². The van der Waals surface area contributed by atoms with Crippen LogP contribution in [0.1, 0.15) is 15.9 Å². The molecule has 0 aliphatic carbocycles. The van der Waals surface area contributed by atoms with Gasteiger partial charge in [0.25, 0.3) is 0 Å². The zero-order valence-electron chi connectivity index (χ0n) is 26.5. The van der Waals surface area contributed by atoms with Gasteiger partial charge in [0.2, 0.25) is 0 Å². The second-order valence-electron chi connectivity index (χ2n) is 11.7. The largest absolute Gasteiger partial charge is 0.492 e. The standard InChI is InChI=1S/C37H39ClN4O4/c1-40(2)21-22-45-30-12-14-31(26-7-9-28(38)10-8-26)27(23-30)25-41-17-19-42(20-18-41)29-11-13-33(37(43)44-3)36(24-29)46-35-6-4-5-34-32(35)15-16-39-34/h4-16,23-24,39H,17-22,25H2,1-3H3. The van der Waals surface area contributed by atoms with Gasteiger partial charge in [-0.3, -0.25) is 4.90 Å². The topological polar surface area (TPSA) is 70.3 Å². The normalized spacial score (nSPS) is 13.7. The summed E-state index contributed by atoms with van der Waals surface area (Å²) in [6, 6.07) is 27.9. The third-order valence-electron chi connectivity index (χ3n) is 8.32. The molecule has 1 fully saturated rings. The molecule has 46 heavy (non-hydrogen) atoms. The first-order chi connectivity index (χ1) is 22.4. The number of nitrogens with one attached hydrogen (secondary N) is 1. The predicted molar refractivity (Wildman–Crippen MR) is 185 cm³/mol. The summed E-state index contributed by atoms with van der Waals surface area (Å²) in [6.07, 6.45) is 1.88. The first-order valence-corrected chi connectivity index (χ1v) is 15.9. The molecule has 8 nitrogen and oxygen atoms in total. The van der Waals surface area contributed by atoms with Crippen LogP contribution in [0.2, 0.25) is 5.02 Å². The van der Waals surface area contributed by atoms with Gasteiger partial charge in [-0.1, -0.05) is 35.9 Å². The van der Waals surface area contributed by atoms with E-state index in [-0.39, 0.29) is 0 Å². The van der Waals surface area contributed by atoms with Gasteiger partial charge in [-0.05, 0) is 85.4 Å². The number of anilines is 1. The minimum absolute atomic E-state index is 0.389. The van der Waals surface area contributed by atoms with Gasteiger partial charge in [0.1, 0.15) is 29.4 Å². The average molecular weight is 639 g/mol. The molecule has 0 amide bonds. The molecule has 1 aliphatic rings. The van der Waals surface area contributed by atoms with E-state index in [1.165, 1.54) is 18.2 Å². The number of piperazine rings is 1. The van der Waals surface area contributed by atoms with E-state index in [0.29, 0.717) is 23.7 Å². The monoisotopic (exact) mass is 638 g/mol. The number of hydrogen-bond acceptors (Lipinski definition) is 7. The van der Waals surface area contributed by atoms with E-state index >= 15 is 0 Å². The van der Waals surface area contributed by atoms with Crippen LogP contribution in [0.5, 0.6) is 17.2 Å². The molecule has 0 atom stereocenters. The van der Waals surface area contributed by atoms with Gasteiger partial charge in [-0.25, -0.2) is 4.79 Å². The number of carbonyl (C=O) groups is 1. The Bertz CT molecular complexity index is 1800. The van der Waals surface area contributed by atoms with E-state index in [4.69, 9.17) is 25.8 Å². The number of ether oxygens (including phenoxy) is 3. The minimum atomic E-state index is -0.433. The molecule has 1 saturated heterocycles. The van der Waals surface area contributed by atoms with Gasteiger partial charge < -0.3 is 29.0 Å². The highest BCUT2D eigenvalue weighted by Crippen LogP contribution is 2.35. The maximum atomic E-state index is 12.7. The number of methoxy groups -OCH3 is 1. The molecular weight excluding hydrogens is 600 g/mol. The van der Waals surface area contributed by atoms with Crippen LogP contribution < -0.4 is 14.4 Å². The Morgan fingerprint density at radius 3 is 2.48 bits per heavy atom. The summed E-state index contributed by atoms with van der Waals surface area (Å²) in [5.74, 6) is 1.59. The molecule has 9 heteroatoms. The third kappa shape index (κ3) is 7.31. The van der Waals surface area contributed by atoms with Crippen LogP contribution >= 0.6 is 11.6 Å². The summed E-state index contributed by atoms with van der Waals surface area (Å²) >= 11 is 6.20. The zero-order valence-corrected chi connectivity index (χ0v) is 27.2. The molecule has 1 aliphatic heterocycles. The number of H-pyrrole nitrogens is 1. The number of halogens is 1. The zero-order chi connectivity index (χ0) is 32.0. The molecular formula is C37H39ClN4O4. The minimum Gasteiger partial charge on any atom is -0.492 e. The maximum Gasteiger partial charge on any atom is 0.341 e. The number of esters is 1. The van der Waals surface area contributed by atoms with Crippen molar-refractivity contribution in [1.82, 2.24) is 14.8 Å². The third-order valence-corrected chi connectivity index (χ3v) is 8.57. The highest BCUT2D eigenvalue weighted by molar-refractivity contribution is 6.30. The smallest absolute Gasteiger partial charge is 0.341 e. The molecule has 1 N–H and O–H groups in total. The SMILES string of the molecule is COC(=O)c1ccc(N2CCN(Cc3cc(OCCN(C)C)ccc3-c3ccc(Cl)cc3)CC2)cc1Oc1cccc2[nH]ccc12. The maximum absolute atomic E-state index is 12.7. The van der Waals surface area contributed by atoms with Crippen LogP contribution in [0.25, 0.3) is 22.0 Å². The summed E-state index contributed by atoms with van der Waals surface area (Å²) < 4.78 is 17.5. The second-order valence-corrected chi connectivity index (χ2v) is 12.1. The average Bonchev–Trinajstić information content (AvgIpc) is 3.56. The van der Waals surface area contributed by atoms with E-state index in [9.17, 15) is 4.79 Å². The first-order valence-electron chi connectivity index (χ1n) is 15.5. The van der Waals surface area contributed by atoms with Crippen molar-refractivity contribution in [3.05, 3.63) is 107 Å². The number of aromatic nitrogens is 1. The summed E-state index contributed by atoms with van der Waals surface area (Å²) in [4.78, 5) is 22.8. The Labute approximate surface area is 275 Å². The molecule has 0 bridgehead atoms. The van der Waals surface area contributed by atoms with E-state index < -0.39 is 5.97 Å². The lowest BCUT2D eigenvalue weighted by molar-refractivity contribution is 0.0598. The molecule has 238 valence electrons.